The van der Waals surface area contributed by atoms with E-state index in [9.17, 15) is 0 Å². The highest BCUT2D eigenvalue weighted by Gasteiger charge is 2.04. The Morgan fingerprint density at radius 2 is 2.25 bits per heavy atom. The van der Waals surface area contributed by atoms with Crippen LogP contribution < -0.4 is 0 Å². The molecule has 16 heavy (non-hydrogen) atoms. The first-order valence-corrected chi connectivity index (χ1v) is 7.12. The van der Waals surface area contributed by atoms with Crippen molar-refractivity contribution in [1.29, 1.82) is 0 Å². The fourth-order valence-electron chi connectivity index (χ4n) is 1.42. The predicted octanol–water partition coefficient (Wildman–Crippen LogP) is 4.28. The van der Waals surface area contributed by atoms with E-state index < -0.39 is 0 Å². The molecule has 0 saturated carbocycles. The highest BCUT2D eigenvalue weighted by molar-refractivity contribution is 9.10. The molecule has 0 aliphatic heterocycles. The molecule has 0 radical (unpaired) electrons. The minimum absolute atomic E-state index is 0.955. The minimum atomic E-state index is 0.955. The summed E-state index contributed by atoms with van der Waals surface area (Å²) in [6, 6.07) is 4.05. The Kier molecular flexibility index (Phi) is 4.18. The quantitative estimate of drug-likeness (QED) is 0.622. The van der Waals surface area contributed by atoms with Crippen LogP contribution in [0.4, 0.5) is 0 Å². The summed E-state index contributed by atoms with van der Waals surface area (Å²) < 4.78 is 0.975. The third-order valence-electron chi connectivity index (χ3n) is 2.26. The molecule has 0 aliphatic rings. The molecular formula is C12H13BrN2S. The summed E-state index contributed by atoms with van der Waals surface area (Å²) in [5, 5.41) is 0. The highest BCUT2D eigenvalue weighted by Crippen LogP contribution is 2.27. The van der Waals surface area contributed by atoms with Gasteiger partial charge in [0.2, 0.25) is 0 Å². The molecule has 0 aliphatic carbocycles. The van der Waals surface area contributed by atoms with Crippen molar-refractivity contribution < 1.29 is 0 Å². The fourth-order valence-corrected chi connectivity index (χ4v) is 2.85. The maximum absolute atomic E-state index is 4.43. The van der Waals surface area contributed by atoms with E-state index in [0.29, 0.717) is 0 Å². The molecule has 0 fully saturated rings. The van der Waals surface area contributed by atoms with Crippen LogP contribution in [0.5, 0.6) is 0 Å². The van der Waals surface area contributed by atoms with E-state index in [1.165, 1.54) is 17.7 Å². The zero-order chi connectivity index (χ0) is 11.4. The molecular weight excluding hydrogens is 284 g/mol. The molecule has 0 spiro atoms. The van der Waals surface area contributed by atoms with Crippen LogP contribution in [0, 0.1) is 0 Å². The molecule has 0 aromatic carbocycles. The van der Waals surface area contributed by atoms with Crippen LogP contribution in [0.3, 0.4) is 0 Å². The average molecular weight is 297 g/mol. The number of hydrogen-bond donors (Lipinski definition) is 0. The lowest BCUT2D eigenvalue weighted by Gasteiger charge is -2.04. The van der Waals surface area contributed by atoms with Gasteiger partial charge in [0, 0.05) is 21.8 Å². The fraction of sp³-hybridized carbons (Fsp3) is 0.333. The molecule has 2 rings (SSSR count). The third kappa shape index (κ3) is 2.74. The van der Waals surface area contributed by atoms with Gasteiger partial charge in [-0.1, -0.05) is 13.3 Å². The van der Waals surface area contributed by atoms with Crippen molar-refractivity contribution in [1.82, 2.24) is 9.97 Å². The van der Waals surface area contributed by atoms with Crippen molar-refractivity contribution in [3.8, 4) is 0 Å². The van der Waals surface area contributed by atoms with Gasteiger partial charge < -0.3 is 0 Å². The van der Waals surface area contributed by atoms with Gasteiger partial charge in [-0.25, -0.2) is 0 Å². The number of unbranched alkanes of at least 4 members (excludes halogenated alkanes) is 1. The molecule has 0 atom stereocenters. The Bertz CT molecular complexity index is 487. The van der Waals surface area contributed by atoms with Crippen molar-refractivity contribution in [2.45, 2.75) is 24.7 Å². The Morgan fingerprint density at radius 3 is 3.06 bits per heavy atom. The van der Waals surface area contributed by atoms with Crippen molar-refractivity contribution in [2.75, 3.05) is 5.75 Å². The van der Waals surface area contributed by atoms with Gasteiger partial charge >= 0.3 is 0 Å². The predicted molar refractivity (Wildman–Crippen MR) is 72.9 cm³/mol. The van der Waals surface area contributed by atoms with Gasteiger partial charge in [0.15, 0.2) is 0 Å². The van der Waals surface area contributed by atoms with Crippen LogP contribution in [-0.4, -0.2) is 15.7 Å². The number of aromatic nitrogens is 2. The molecule has 2 heterocycles. The van der Waals surface area contributed by atoms with Crippen LogP contribution in [0.25, 0.3) is 11.0 Å². The lowest BCUT2D eigenvalue weighted by Crippen LogP contribution is -1.87. The number of hydrogen-bond acceptors (Lipinski definition) is 3. The summed E-state index contributed by atoms with van der Waals surface area (Å²) in [6.07, 6.45) is 6.15. The summed E-state index contributed by atoms with van der Waals surface area (Å²) in [6.45, 7) is 2.21. The topological polar surface area (TPSA) is 25.8 Å². The van der Waals surface area contributed by atoms with Crippen LogP contribution in [0.1, 0.15) is 19.8 Å². The number of halogens is 1. The van der Waals surface area contributed by atoms with Crippen molar-refractivity contribution in [3.63, 3.8) is 0 Å². The summed E-state index contributed by atoms with van der Waals surface area (Å²) in [5.74, 6) is 1.15. The van der Waals surface area contributed by atoms with E-state index in [0.717, 1.165) is 21.3 Å². The van der Waals surface area contributed by atoms with Crippen molar-refractivity contribution >= 4 is 38.7 Å². The monoisotopic (exact) mass is 296 g/mol. The third-order valence-corrected chi connectivity index (χ3v) is 3.83. The SMILES string of the molecule is CCCCSc1ccnc2cc(Br)cnc12. The van der Waals surface area contributed by atoms with Crippen LogP contribution in [-0.2, 0) is 0 Å². The number of fused-ring (bicyclic) bond motifs is 1. The molecule has 2 aromatic rings. The molecule has 0 saturated heterocycles. The lowest BCUT2D eigenvalue weighted by atomic mass is 10.3. The van der Waals surface area contributed by atoms with Gasteiger partial charge in [0.1, 0.15) is 5.52 Å². The van der Waals surface area contributed by atoms with Crippen LogP contribution in [0.15, 0.2) is 33.9 Å². The Morgan fingerprint density at radius 1 is 1.38 bits per heavy atom. The molecule has 0 unspecified atom stereocenters. The van der Waals surface area contributed by atoms with Crippen LogP contribution in [0.2, 0.25) is 0 Å². The first-order valence-electron chi connectivity index (χ1n) is 5.34. The molecule has 2 nitrogen and oxygen atoms in total. The number of pyridine rings is 2. The first kappa shape index (κ1) is 11.9. The van der Waals surface area contributed by atoms with Gasteiger partial charge in [-0.15, -0.1) is 11.8 Å². The molecule has 0 bridgehead atoms. The summed E-state index contributed by atoms with van der Waals surface area (Å²) >= 11 is 5.27. The van der Waals surface area contributed by atoms with E-state index >= 15 is 0 Å². The maximum atomic E-state index is 4.43. The number of nitrogens with zero attached hydrogens (tertiary/aromatic N) is 2. The molecule has 4 heteroatoms. The second kappa shape index (κ2) is 5.64. The molecule has 2 aromatic heterocycles. The standard InChI is InChI=1S/C12H13BrN2S/c1-2-3-6-16-11-4-5-14-10-7-9(13)8-15-12(10)11/h4-5,7-8H,2-3,6H2,1H3. The minimum Gasteiger partial charge on any atom is -0.254 e. The van der Waals surface area contributed by atoms with E-state index in [2.05, 4.69) is 32.8 Å². The smallest absolute Gasteiger partial charge is 0.102 e. The van der Waals surface area contributed by atoms with E-state index in [4.69, 9.17) is 0 Å². The van der Waals surface area contributed by atoms with Crippen LogP contribution >= 0.6 is 27.7 Å². The van der Waals surface area contributed by atoms with Gasteiger partial charge in [-0.3, -0.25) is 9.97 Å². The van der Waals surface area contributed by atoms with Gasteiger partial charge in [-0.05, 0) is 40.2 Å². The molecule has 0 amide bonds. The Labute approximate surface area is 108 Å². The lowest BCUT2D eigenvalue weighted by molar-refractivity contribution is 0.896. The van der Waals surface area contributed by atoms with Gasteiger partial charge in [-0.2, -0.15) is 0 Å². The summed E-state index contributed by atoms with van der Waals surface area (Å²) in [7, 11) is 0. The summed E-state index contributed by atoms with van der Waals surface area (Å²) in [5.41, 5.74) is 1.96. The van der Waals surface area contributed by atoms with Crippen molar-refractivity contribution in [3.05, 3.63) is 29.0 Å². The van der Waals surface area contributed by atoms with Crippen molar-refractivity contribution in [2.24, 2.45) is 0 Å². The Hall–Kier alpha value is -0.610. The number of thioether (sulfide) groups is 1. The van der Waals surface area contributed by atoms with E-state index in [1.54, 1.807) is 0 Å². The first-order chi connectivity index (χ1) is 7.81. The molecule has 84 valence electrons. The number of rotatable bonds is 4. The molecule has 0 N–H and O–H groups in total. The highest BCUT2D eigenvalue weighted by atomic mass is 79.9. The Balaban J connectivity index is 2.30. The average Bonchev–Trinajstić information content (AvgIpc) is 2.29. The largest absolute Gasteiger partial charge is 0.254 e. The zero-order valence-electron chi connectivity index (χ0n) is 9.11. The maximum Gasteiger partial charge on any atom is 0.102 e. The van der Waals surface area contributed by atoms with E-state index in [1.807, 2.05) is 36.3 Å². The summed E-state index contributed by atoms with van der Waals surface area (Å²) in [4.78, 5) is 9.98. The van der Waals surface area contributed by atoms with E-state index in [-0.39, 0.29) is 0 Å². The second-order valence-electron chi connectivity index (χ2n) is 3.53. The van der Waals surface area contributed by atoms with Gasteiger partial charge in [0.05, 0.1) is 5.52 Å². The zero-order valence-corrected chi connectivity index (χ0v) is 11.5. The normalized spacial score (nSPS) is 10.9. The van der Waals surface area contributed by atoms with Gasteiger partial charge in [0.25, 0.3) is 0 Å². The second-order valence-corrected chi connectivity index (χ2v) is 5.58.